The third-order valence-corrected chi connectivity index (χ3v) is 1.86. The minimum absolute atomic E-state index is 0.0787. The summed E-state index contributed by atoms with van der Waals surface area (Å²) < 4.78 is 14.3. The number of carbonyl (C=O) groups is 1. The highest BCUT2D eigenvalue weighted by molar-refractivity contribution is 5.89. The lowest BCUT2D eigenvalue weighted by molar-refractivity contribution is -0.148. The molecule has 0 aliphatic carbocycles. The molecule has 1 rings (SSSR count). The SMILES string of the molecule is COC1=C(OC)[C@@H]([C@@H](O)CO)OC1=O. The Kier molecular flexibility index (Phi) is 3.32. The van der Waals surface area contributed by atoms with Crippen molar-refractivity contribution in [1.29, 1.82) is 0 Å². The normalized spacial score (nSPS) is 23.4. The van der Waals surface area contributed by atoms with Gasteiger partial charge >= 0.3 is 5.97 Å². The van der Waals surface area contributed by atoms with E-state index in [9.17, 15) is 9.90 Å². The molecule has 1 aliphatic rings. The Balaban J connectivity index is 2.92. The van der Waals surface area contributed by atoms with Crippen LogP contribution in [0.3, 0.4) is 0 Å². The molecule has 2 atom stereocenters. The Hall–Kier alpha value is -1.27. The van der Waals surface area contributed by atoms with Gasteiger partial charge in [-0.25, -0.2) is 4.79 Å². The Morgan fingerprint density at radius 2 is 2.14 bits per heavy atom. The molecule has 1 aliphatic heterocycles. The fraction of sp³-hybridized carbons (Fsp3) is 0.625. The smallest absolute Gasteiger partial charge is 0.378 e. The van der Waals surface area contributed by atoms with Gasteiger partial charge in [-0.3, -0.25) is 0 Å². The van der Waals surface area contributed by atoms with Crippen LogP contribution in [0.25, 0.3) is 0 Å². The van der Waals surface area contributed by atoms with Gasteiger partial charge in [0.05, 0.1) is 20.8 Å². The average Bonchev–Trinajstić information content (AvgIpc) is 2.53. The van der Waals surface area contributed by atoms with Crippen LogP contribution in [0, 0.1) is 0 Å². The van der Waals surface area contributed by atoms with Crippen molar-refractivity contribution in [1.82, 2.24) is 0 Å². The number of hydrogen-bond donors (Lipinski definition) is 2. The van der Waals surface area contributed by atoms with E-state index in [1.54, 1.807) is 0 Å². The molecule has 0 aromatic rings. The van der Waals surface area contributed by atoms with E-state index in [0.717, 1.165) is 0 Å². The van der Waals surface area contributed by atoms with E-state index in [2.05, 4.69) is 0 Å². The number of methoxy groups -OCH3 is 2. The molecule has 80 valence electrons. The lowest BCUT2D eigenvalue weighted by Crippen LogP contribution is -2.32. The second-order valence-electron chi connectivity index (χ2n) is 2.68. The molecule has 1 heterocycles. The Morgan fingerprint density at radius 3 is 2.57 bits per heavy atom. The minimum atomic E-state index is -1.21. The van der Waals surface area contributed by atoms with Crippen LogP contribution in [0.5, 0.6) is 0 Å². The van der Waals surface area contributed by atoms with Crippen molar-refractivity contribution in [2.75, 3.05) is 20.8 Å². The van der Waals surface area contributed by atoms with Crippen molar-refractivity contribution < 1.29 is 29.2 Å². The average molecular weight is 204 g/mol. The molecule has 0 unspecified atom stereocenters. The fourth-order valence-electron chi connectivity index (χ4n) is 1.19. The third kappa shape index (κ3) is 1.66. The fourth-order valence-corrected chi connectivity index (χ4v) is 1.19. The number of aliphatic hydroxyl groups excluding tert-OH is 2. The summed E-state index contributed by atoms with van der Waals surface area (Å²) in [4.78, 5) is 11.1. The van der Waals surface area contributed by atoms with Crippen molar-refractivity contribution >= 4 is 5.97 Å². The molecule has 14 heavy (non-hydrogen) atoms. The van der Waals surface area contributed by atoms with Gasteiger partial charge in [0.25, 0.3) is 0 Å². The van der Waals surface area contributed by atoms with Gasteiger partial charge in [-0.15, -0.1) is 0 Å². The largest absolute Gasteiger partial charge is 0.493 e. The summed E-state index contributed by atoms with van der Waals surface area (Å²) in [7, 11) is 2.62. The molecular formula is C8H12O6. The zero-order valence-corrected chi connectivity index (χ0v) is 7.89. The predicted octanol–water partition coefficient (Wildman–Crippen LogP) is -1.23. The van der Waals surface area contributed by atoms with Crippen molar-refractivity contribution in [2.24, 2.45) is 0 Å². The van der Waals surface area contributed by atoms with Gasteiger partial charge in [-0.1, -0.05) is 0 Å². The first-order valence-electron chi connectivity index (χ1n) is 3.97. The zero-order valence-electron chi connectivity index (χ0n) is 7.89. The summed E-state index contributed by atoms with van der Waals surface area (Å²) in [5.74, 6) is -0.689. The summed E-state index contributed by atoms with van der Waals surface area (Å²) in [6.45, 7) is -0.526. The number of esters is 1. The zero-order chi connectivity index (χ0) is 10.7. The van der Waals surface area contributed by atoms with Crippen LogP contribution in [0.4, 0.5) is 0 Å². The number of aliphatic hydroxyl groups is 2. The maximum Gasteiger partial charge on any atom is 0.378 e. The number of cyclic esters (lactones) is 1. The summed E-state index contributed by atoms with van der Waals surface area (Å²) >= 11 is 0. The third-order valence-electron chi connectivity index (χ3n) is 1.86. The number of ether oxygens (including phenoxy) is 3. The van der Waals surface area contributed by atoms with Crippen molar-refractivity contribution in [3.63, 3.8) is 0 Å². The van der Waals surface area contributed by atoms with Crippen molar-refractivity contribution in [3.05, 3.63) is 11.5 Å². The summed E-state index contributed by atoms with van der Waals surface area (Å²) in [6.07, 6.45) is -2.20. The van der Waals surface area contributed by atoms with Gasteiger partial charge in [0.2, 0.25) is 5.76 Å². The molecule has 0 fully saturated rings. The van der Waals surface area contributed by atoms with Crippen LogP contribution in [0.2, 0.25) is 0 Å². The second kappa shape index (κ2) is 4.30. The van der Waals surface area contributed by atoms with Crippen LogP contribution in [0.1, 0.15) is 0 Å². The first-order chi connectivity index (χ1) is 6.65. The molecule has 0 bridgehead atoms. The highest BCUT2D eigenvalue weighted by Crippen LogP contribution is 2.25. The molecule has 0 amide bonds. The van der Waals surface area contributed by atoms with Crippen molar-refractivity contribution in [3.8, 4) is 0 Å². The topological polar surface area (TPSA) is 85.2 Å². The Labute approximate surface area is 80.7 Å². The lowest BCUT2D eigenvalue weighted by Gasteiger charge is -2.16. The van der Waals surface area contributed by atoms with E-state index in [1.807, 2.05) is 0 Å². The molecule has 0 aromatic carbocycles. The van der Waals surface area contributed by atoms with Crippen LogP contribution in [-0.2, 0) is 19.0 Å². The molecule has 0 saturated carbocycles. The van der Waals surface area contributed by atoms with E-state index in [0.29, 0.717) is 0 Å². The molecule has 0 spiro atoms. The molecule has 0 saturated heterocycles. The molecule has 0 aromatic heterocycles. The standard InChI is InChI=1S/C8H12O6/c1-12-6-5(4(10)3-9)14-8(11)7(6)13-2/h4-5,9-10H,3H2,1-2H3/t4-,5+/m0/s1. The van der Waals surface area contributed by atoms with E-state index in [1.165, 1.54) is 14.2 Å². The first-order valence-corrected chi connectivity index (χ1v) is 3.97. The highest BCUT2D eigenvalue weighted by Gasteiger charge is 2.40. The number of carbonyl (C=O) groups excluding carboxylic acids is 1. The predicted molar refractivity (Wildman–Crippen MR) is 44.0 cm³/mol. The first kappa shape index (κ1) is 10.8. The van der Waals surface area contributed by atoms with Gasteiger partial charge in [0.15, 0.2) is 11.9 Å². The molecule has 2 N–H and O–H groups in total. The molecule has 6 nitrogen and oxygen atoms in total. The van der Waals surface area contributed by atoms with Gasteiger partial charge in [-0.2, -0.15) is 0 Å². The summed E-state index contributed by atoms with van der Waals surface area (Å²) in [5.41, 5.74) is 0. The summed E-state index contributed by atoms with van der Waals surface area (Å²) in [6, 6.07) is 0. The maximum atomic E-state index is 11.1. The highest BCUT2D eigenvalue weighted by atomic mass is 16.6. The van der Waals surface area contributed by atoms with E-state index < -0.39 is 24.8 Å². The van der Waals surface area contributed by atoms with E-state index in [4.69, 9.17) is 19.3 Å². The maximum absolute atomic E-state index is 11.1. The molecule has 0 radical (unpaired) electrons. The second-order valence-corrected chi connectivity index (χ2v) is 2.68. The van der Waals surface area contributed by atoms with E-state index in [-0.39, 0.29) is 11.5 Å². The number of rotatable bonds is 4. The van der Waals surface area contributed by atoms with Crippen LogP contribution < -0.4 is 0 Å². The summed E-state index contributed by atoms with van der Waals surface area (Å²) in [5, 5.41) is 18.0. The lowest BCUT2D eigenvalue weighted by atomic mass is 10.2. The van der Waals surface area contributed by atoms with Crippen LogP contribution in [0.15, 0.2) is 11.5 Å². The minimum Gasteiger partial charge on any atom is -0.493 e. The number of hydrogen-bond acceptors (Lipinski definition) is 6. The Bertz CT molecular complexity index is 259. The van der Waals surface area contributed by atoms with Crippen molar-refractivity contribution in [2.45, 2.75) is 12.2 Å². The molecular weight excluding hydrogens is 192 g/mol. The van der Waals surface area contributed by atoms with E-state index >= 15 is 0 Å². The van der Waals surface area contributed by atoms with Crippen LogP contribution >= 0.6 is 0 Å². The monoisotopic (exact) mass is 204 g/mol. The van der Waals surface area contributed by atoms with Gasteiger partial charge < -0.3 is 24.4 Å². The van der Waals surface area contributed by atoms with Gasteiger partial charge in [-0.05, 0) is 0 Å². The van der Waals surface area contributed by atoms with Gasteiger partial charge in [0.1, 0.15) is 6.10 Å². The Morgan fingerprint density at radius 1 is 1.50 bits per heavy atom. The quantitative estimate of drug-likeness (QED) is 0.558. The van der Waals surface area contributed by atoms with Crippen LogP contribution in [-0.4, -0.2) is 49.2 Å². The molecule has 6 heteroatoms. The van der Waals surface area contributed by atoms with Gasteiger partial charge in [0, 0.05) is 0 Å².